The van der Waals surface area contributed by atoms with Gasteiger partial charge in [-0.3, -0.25) is 9.88 Å². The van der Waals surface area contributed by atoms with E-state index < -0.39 is 0 Å². The van der Waals surface area contributed by atoms with E-state index in [0.717, 1.165) is 30.6 Å². The minimum atomic E-state index is -0.336. The van der Waals surface area contributed by atoms with Crippen molar-refractivity contribution in [1.82, 2.24) is 9.88 Å². The van der Waals surface area contributed by atoms with Crippen molar-refractivity contribution >= 4 is 11.6 Å². The predicted molar refractivity (Wildman–Crippen MR) is 116 cm³/mol. The summed E-state index contributed by atoms with van der Waals surface area (Å²) in [5.74, 6) is 1.17. The van der Waals surface area contributed by atoms with Gasteiger partial charge in [0.1, 0.15) is 5.82 Å². The molecule has 3 rings (SSSR count). The second-order valence-corrected chi connectivity index (χ2v) is 9.79. The zero-order valence-electron chi connectivity index (χ0n) is 17.5. The van der Waals surface area contributed by atoms with Crippen LogP contribution in [0.5, 0.6) is 0 Å². The van der Waals surface area contributed by atoms with Crippen molar-refractivity contribution in [2.75, 3.05) is 13.1 Å². The first-order valence-electron chi connectivity index (χ1n) is 10.4. The minimum Gasteiger partial charge on any atom is -0.298 e. The molecule has 2 unspecified atom stereocenters. The summed E-state index contributed by atoms with van der Waals surface area (Å²) in [7, 11) is 0. The highest BCUT2D eigenvalue weighted by atomic mass is 35.5. The molecule has 1 saturated heterocycles. The van der Waals surface area contributed by atoms with Gasteiger partial charge in [0.05, 0.1) is 5.69 Å². The average Bonchev–Trinajstić information content (AvgIpc) is 2.61. The van der Waals surface area contributed by atoms with Crippen molar-refractivity contribution < 1.29 is 4.39 Å². The number of hydrogen-bond acceptors (Lipinski definition) is 2. The molecule has 1 aromatic heterocycles. The maximum Gasteiger partial charge on any atom is 0.125 e. The van der Waals surface area contributed by atoms with Crippen LogP contribution in [0.1, 0.15) is 52.5 Å². The zero-order valence-corrected chi connectivity index (χ0v) is 18.3. The van der Waals surface area contributed by atoms with Crippen LogP contribution in [-0.2, 0) is 6.54 Å². The highest BCUT2D eigenvalue weighted by Crippen LogP contribution is 2.37. The predicted octanol–water partition coefficient (Wildman–Crippen LogP) is 6.83. The molecule has 0 spiro atoms. The van der Waals surface area contributed by atoms with Gasteiger partial charge in [0, 0.05) is 36.4 Å². The summed E-state index contributed by atoms with van der Waals surface area (Å²) in [6.45, 7) is 12.6. The molecule has 2 atom stereocenters. The van der Waals surface area contributed by atoms with Crippen molar-refractivity contribution in [2.45, 2.75) is 53.5 Å². The molecule has 0 radical (unpaired) electrons. The number of rotatable bonds is 5. The lowest BCUT2D eigenvalue weighted by atomic mass is 9.72. The maximum absolute atomic E-state index is 13.6. The quantitative estimate of drug-likeness (QED) is 0.545. The van der Waals surface area contributed by atoms with Gasteiger partial charge in [0.25, 0.3) is 0 Å². The summed E-state index contributed by atoms with van der Waals surface area (Å²) in [5.41, 5.74) is 3.00. The Morgan fingerprint density at radius 1 is 1.18 bits per heavy atom. The summed E-state index contributed by atoms with van der Waals surface area (Å²) in [5, 5.41) is 0.393. The van der Waals surface area contributed by atoms with Crippen LogP contribution >= 0.6 is 11.6 Å². The first-order chi connectivity index (χ1) is 13.2. The van der Waals surface area contributed by atoms with Crippen LogP contribution in [0.25, 0.3) is 11.3 Å². The summed E-state index contributed by atoms with van der Waals surface area (Å²) >= 11 is 5.98. The van der Waals surface area contributed by atoms with Crippen molar-refractivity contribution in [3.63, 3.8) is 0 Å². The molecule has 0 bridgehead atoms. The van der Waals surface area contributed by atoms with Gasteiger partial charge in [-0.15, -0.1) is 0 Å². The number of likely N-dealkylation sites (tertiary alicyclic amines) is 1. The van der Waals surface area contributed by atoms with Gasteiger partial charge in [-0.2, -0.15) is 0 Å². The Kier molecular flexibility index (Phi) is 6.77. The second kappa shape index (κ2) is 8.92. The molecule has 1 fully saturated rings. The number of nitrogens with zero attached hydrogens (tertiary/aromatic N) is 2. The van der Waals surface area contributed by atoms with Crippen molar-refractivity contribution in [2.24, 2.45) is 17.3 Å². The van der Waals surface area contributed by atoms with E-state index in [1.807, 2.05) is 12.3 Å². The van der Waals surface area contributed by atoms with Crippen LogP contribution in [0.3, 0.4) is 0 Å². The molecule has 1 aromatic carbocycles. The molecule has 0 aliphatic carbocycles. The number of hydrogen-bond donors (Lipinski definition) is 0. The van der Waals surface area contributed by atoms with Crippen LogP contribution in [0, 0.1) is 23.1 Å². The topological polar surface area (TPSA) is 16.1 Å². The molecule has 28 heavy (non-hydrogen) atoms. The number of benzene rings is 1. The lowest BCUT2D eigenvalue weighted by Gasteiger charge is -2.43. The second-order valence-electron chi connectivity index (χ2n) is 9.36. The van der Waals surface area contributed by atoms with Gasteiger partial charge in [-0.1, -0.05) is 51.8 Å². The Balaban J connectivity index is 1.71. The van der Waals surface area contributed by atoms with Gasteiger partial charge in [-0.25, -0.2) is 4.39 Å². The number of aromatic nitrogens is 1. The molecule has 2 nitrogen and oxygen atoms in total. The number of halogens is 2. The first-order valence-corrected chi connectivity index (χ1v) is 10.8. The third-order valence-corrected chi connectivity index (χ3v) is 6.14. The van der Waals surface area contributed by atoms with E-state index in [1.165, 1.54) is 43.5 Å². The Bertz CT molecular complexity index is 762. The SMILES string of the molecule is CCCC1CC(C(C)(C)C)CN(Cc2ccc(-c3cc(F)cc(Cl)c3)nc2)C1. The van der Waals surface area contributed by atoms with Gasteiger partial charge in [0.15, 0.2) is 0 Å². The Morgan fingerprint density at radius 3 is 2.57 bits per heavy atom. The van der Waals surface area contributed by atoms with E-state index >= 15 is 0 Å². The lowest BCUT2D eigenvalue weighted by molar-refractivity contribution is 0.0544. The van der Waals surface area contributed by atoms with Gasteiger partial charge in [0.2, 0.25) is 0 Å². The average molecular weight is 403 g/mol. The Morgan fingerprint density at radius 2 is 1.96 bits per heavy atom. The van der Waals surface area contributed by atoms with Crippen LogP contribution < -0.4 is 0 Å². The molecule has 0 amide bonds. The highest BCUT2D eigenvalue weighted by Gasteiger charge is 2.33. The van der Waals surface area contributed by atoms with Crippen molar-refractivity contribution in [1.29, 1.82) is 0 Å². The van der Waals surface area contributed by atoms with Crippen molar-refractivity contribution in [3.05, 3.63) is 52.9 Å². The molecule has 1 aliphatic heterocycles. The molecule has 0 N–H and O–H groups in total. The summed E-state index contributed by atoms with van der Waals surface area (Å²) in [4.78, 5) is 7.16. The molecule has 2 aromatic rings. The van der Waals surface area contributed by atoms with Crippen LogP contribution in [0.4, 0.5) is 4.39 Å². The first kappa shape index (κ1) is 21.3. The largest absolute Gasteiger partial charge is 0.298 e. The standard InChI is InChI=1S/C24H32ClFN2/c1-5-6-17-9-20(24(2,3)4)16-28(14-17)15-18-7-8-23(27-13-18)19-10-21(25)12-22(26)11-19/h7-8,10-13,17,20H,5-6,9,14-16H2,1-4H3. The van der Waals surface area contributed by atoms with E-state index in [4.69, 9.17) is 11.6 Å². The minimum absolute atomic E-state index is 0.336. The fourth-order valence-electron chi connectivity index (χ4n) is 4.33. The lowest BCUT2D eigenvalue weighted by Crippen LogP contribution is -2.44. The van der Waals surface area contributed by atoms with E-state index in [1.54, 1.807) is 6.07 Å². The van der Waals surface area contributed by atoms with E-state index in [0.29, 0.717) is 16.0 Å². The monoisotopic (exact) mass is 402 g/mol. The molecule has 2 heterocycles. The van der Waals surface area contributed by atoms with Crippen LogP contribution in [0.15, 0.2) is 36.5 Å². The normalized spacial score (nSPS) is 21.1. The smallest absolute Gasteiger partial charge is 0.125 e. The van der Waals surface area contributed by atoms with Gasteiger partial charge in [-0.05, 0) is 59.9 Å². The van der Waals surface area contributed by atoms with Gasteiger partial charge >= 0.3 is 0 Å². The zero-order chi connectivity index (χ0) is 20.3. The van der Waals surface area contributed by atoms with Crippen molar-refractivity contribution in [3.8, 4) is 11.3 Å². The molecular formula is C24H32ClFN2. The highest BCUT2D eigenvalue weighted by molar-refractivity contribution is 6.30. The Labute approximate surface area is 174 Å². The fraction of sp³-hybridized carbons (Fsp3) is 0.542. The number of pyridine rings is 1. The molecule has 152 valence electrons. The van der Waals surface area contributed by atoms with Crippen LogP contribution in [0.2, 0.25) is 5.02 Å². The molecule has 4 heteroatoms. The third kappa shape index (κ3) is 5.55. The summed E-state index contributed by atoms with van der Waals surface area (Å²) < 4.78 is 13.6. The summed E-state index contributed by atoms with van der Waals surface area (Å²) in [6.07, 6.45) is 5.82. The maximum atomic E-state index is 13.6. The molecule has 1 aliphatic rings. The van der Waals surface area contributed by atoms with Gasteiger partial charge < -0.3 is 0 Å². The molecule has 0 saturated carbocycles. The fourth-order valence-corrected chi connectivity index (χ4v) is 4.55. The third-order valence-electron chi connectivity index (χ3n) is 5.92. The number of piperidine rings is 1. The summed E-state index contributed by atoms with van der Waals surface area (Å²) in [6, 6.07) is 8.61. The van der Waals surface area contributed by atoms with E-state index in [9.17, 15) is 4.39 Å². The Hall–Kier alpha value is -1.45. The van der Waals surface area contributed by atoms with E-state index in [2.05, 4.69) is 43.6 Å². The van der Waals surface area contributed by atoms with E-state index in [-0.39, 0.29) is 5.82 Å². The molecular weight excluding hydrogens is 371 g/mol. The van der Waals surface area contributed by atoms with Crippen LogP contribution in [-0.4, -0.2) is 23.0 Å².